The highest BCUT2D eigenvalue weighted by Crippen LogP contribution is 2.32. The molecule has 0 bridgehead atoms. The van der Waals surface area contributed by atoms with Gasteiger partial charge in [0.05, 0.1) is 19.6 Å². The van der Waals surface area contributed by atoms with Crippen LogP contribution in [0.1, 0.15) is 35.6 Å². The van der Waals surface area contributed by atoms with E-state index in [1.807, 2.05) is 18.2 Å². The van der Waals surface area contributed by atoms with Gasteiger partial charge in [-0.15, -0.1) is 0 Å². The second-order valence-electron chi connectivity index (χ2n) is 5.99. The third-order valence-corrected chi connectivity index (χ3v) is 4.60. The van der Waals surface area contributed by atoms with Crippen LogP contribution < -0.4 is 10.1 Å². The molecule has 0 aliphatic heterocycles. The molecule has 1 aliphatic carbocycles. The van der Waals surface area contributed by atoms with Crippen LogP contribution in [-0.4, -0.2) is 13.0 Å². The molecule has 0 fully saturated rings. The minimum atomic E-state index is -0.452. The Kier molecular flexibility index (Phi) is 5.05. The molecule has 0 saturated heterocycles. The zero-order valence-electron chi connectivity index (χ0n) is 13.4. The highest BCUT2D eigenvalue weighted by Gasteiger charge is 2.22. The van der Waals surface area contributed by atoms with Crippen LogP contribution in [0.2, 0.25) is 5.02 Å². The molecule has 0 radical (unpaired) electrons. The Balaban J connectivity index is 1.71. The Morgan fingerprint density at radius 3 is 2.92 bits per heavy atom. The fraction of sp³-hybridized carbons (Fsp3) is 0.316. The zero-order chi connectivity index (χ0) is 17.1. The number of amides is 1. The lowest BCUT2D eigenvalue weighted by molar-refractivity contribution is -0.121. The average Bonchev–Trinajstić information content (AvgIpc) is 2.57. The zero-order valence-corrected chi connectivity index (χ0v) is 14.2. The van der Waals surface area contributed by atoms with Gasteiger partial charge in [0.25, 0.3) is 0 Å². The molecule has 3 rings (SSSR count). The van der Waals surface area contributed by atoms with Crippen LogP contribution in [0.3, 0.4) is 0 Å². The molecule has 24 heavy (non-hydrogen) atoms. The Hall–Kier alpha value is -2.07. The van der Waals surface area contributed by atoms with Gasteiger partial charge in [0.1, 0.15) is 11.6 Å². The van der Waals surface area contributed by atoms with Gasteiger partial charge in [-0.2, -0.15) is 0 Å². The molecule has 1 amide bonds. The summed E-state index contributed by atoms with van der Waals surface area (Å²) < 4.78 is 19.1. The van der Waals surface area contributed by atoms with E-state index >= 15 is 0 Å². The van der Waals surface area contributed by atoms with Gasteiger partial charge in [0, 0.05) is 5.02 Å². The van der Waals surface area contributed by atoms with Crippen molar-refractivity contribution in [3.8, 4) is 5.75 Å². The molecule has 2 aromatic rings. The van der Waals surface area contributed by atoms with Gasteiger partial charge < -0.3 is 10.1 Å². The fourth-order valence-corrected chi connectivity index (χ4v) is 3.31. The van der Waals surface area contributed by atoms with Crippen molar-refractivity contribution in [2.45, 2.75) is 31.7 Å². The van der Waals surface area contributed by atoms with Gasteiger partial charge >= 0.3 is 0 Å². The lowest BCUT2D eigenvalue weighted by atomic mass is 9.87. The summed E-state index contributed by atoms with van der Waals surface area (Å²) >= 11 is 5.74. The van der Waals surface area contributed by atoms with Crippen LogP contribution in [0.4, 0.5) is 4.39 Å². The molecule has 0 saturated carbocycles. The first-order valence-electron chi connectivity index (χ1n) is 7.97. The summed E-state index contributed by atoms with van der Waals surface area (Å²) in [7, 11) is 1.64. The van der Waals surface area contributed by atoms with Crippen molar-refractivity contribution in [1.29, 1.82) is 0 Å². The number of halogens is 2. The molecule has 1 aliphatic rings. The van der Waals surface area contributed by atoms with Crippen LogP contribution in [0.15, 0.2) is 36.4 Å². The summed E-state index contributed by atoms with van der Waals surface area (Å²) in [5, 5.41) is 3.35. The number of nitrogens with one attached hydrogen (secondary N) is 1. The fourth-order valence-electron chi connectivity index (χ4n) is 3.15. The van der Waals surface area contributed by atoms with Crippen LogP contribution in [0.5, 0.6) is 5.75 Å². The summed E-state index contributed by atoms with van der Waals surface area (Å²) in [6.07, 6.45) is 2.87. The van der Waals surface area contributed by atoms with E-state index in [0.29, 0.717) is 10.6 Å². The van der Waals surface area contributed by atoms with Crippen molar-refractivity contribution in [3.05, 3.63) is 63.9 Å². The number of fused-ring (bicyclic) bond motifs is 1. The number of aryl methyl sites for hydroxylation is 1. The van der Waals surface area contributed by atoms with E-state index in [1.165, 1.54) is 11.6 Å². The molecule has 126 valence electrons. The molecule has 5 heteroatoms. The van der Waals surface area contributed by atoms with E-state index in [-0.39, 0.29) is 18.4 Å². The van der Waals surface area contributed by atoms with Crippen molar-refractivity contribution in [3.63, 3.8) is 0 Å². The van der Waals surface area contributed by atoms with Crippen LogP contribution in [0, 0.1) is 5.82 Å². The van der Waals surface area contributed by atoms with Gasteiger partial charge in [0.2, 0.25) is 5.91 Å². The monoisotopic (exact) mass is 347 g/mol. The van der Waals surface area contributed by atoms with Crippen molar-refractivity contribution >= 4 is 17.5 Å². The summed E-state index contributed by atoms with van der Waals surface area (Å²) in [6, 6.07) is 10.3. The maximum atomic E-state index is 13.8. The maximum absolute atomic E-state index is 13.8. The molecule has 3 nitrogen and oxygen atoms in total. The normalized spacial score (nSPS) is 16.4. The molecule has 1 atom stereocenters. The van der Waals surface area contributed by atoms with Gasteiger partial charge in [-0.05, 0) is 60.2 Å². The summed E-state index contributed by atoms with van der Waals surface area (Å²) in [6.45, 7) is 0. The highest BCUT2D eigenvalue weighted by molar-refractivity contribution is 6.30. The quantitative estimate of drug-likeness (QED) is 0.899. The third kappa shape index (κ3) is 3.70. The first kappa shape index (κ1) is 16.8. The Morgan fingerprint density at radius 2 is 2.17 bits per heavy atom. The first-order valence-corrected chi connectivity index (χ1v) is 8.34. The molecule has 2 aromatic carbocycles. The molecular weight excluding hydrogens is 329 g/mol. The van der Waals surface area contributed by atoms with Gasteiger partial charge in [0.15, 0.2) is 0 Å². The lowest BCUT2D eigenvalue weighted by Gasteiger charge is -2.27. The van der Waals surface area contributed by atoms with Crippen LogP contribution in [0.25, 0.3) is 0 Å². The minimum absolute atomic E-state index is 0.00495. The Labute approximate surface area is 145 Å². The number of rotatable bonds is 4. The number of methoxy groups -OCH3 is 1. The predicted molar refractivity (Wildman–Crippen MR) is 91.9 cm³/mol. The van der Waals surface area contributed by atoms with Gasteiger partial charge in [-0.1, -0.05) is 23.7 Å². The highest BCUT2D eigenvalue weighted by atomic mass is 35.5. The topological polar surface area (TPSA) is 38.3 Å². The minimum Gasteiger partial charge on any atom is -0.497 e. The van der Waals surface area contributed by atoms with E-state index in [0.717, 1.165) is 30.6 Å². The molecule has 1 N–H and O–H groups in total. The summed E-state index contributed by atoms with van der Waals surface area (Å²) in [4.78, 5) is 12.3. The second kappa shape index (κ2) is 7.22. The second-order valence-corrected chi connectivity index (χ2v) is 6.43. The molecule has 1 unspecified atom stereocenters. The SMILES string of the molecule is COc1ccc2c(c1)CCCC2NC(=O)Cc1ccc(Cl)cc1F. The molecular formula is C19H19ClFNO2. The van der Waals surface area contributed by atoms with Crippen molar-refractivity contribution in [2.75, 3.05) is 7.11 Å². The number of ether oxygens (including phenoxy) is 1. The number of carbonyl (C=O) groups excluding carboxylic acids is 1. The van der Waals surface area contributed by atoms with Crippen molar-refractivity contribution in [2.24, 2.45) is 0 Å². The molecule has 0 aromatic heterocycles. The first-order chi connectivity index (χ1) is 11.6. The standard InChI is InChI=1S/C19H19ClFNO2/c1-24-15-7-8-16-12(9-15)3-2-4-18(16)22-19(23)10-13-5-6-14(20)11-17(13)21/h5-9,11,18H,2-4,10H2,1H3,(H,22,23). The van der Waals surface area contributed by atoms with E-state index in [2.05, 4.69) is 5.32 Å². The largest absolute Gasteiger partial charge is 0.497 e. The van der Waals surface area contributed by atoms with Crippen LogP contribution in [-0.2, 0) is 17.6 Å². The third-order valence-electron chi connectivity index (χ3n) is 4.37. The summed E-state index contributed by atoms with van der Waals surface area (Å²) in [5.41, 5.74) is 2.67. The van der Waals surface area contributed by atoms with E-state index < -0.39 is 5.82 Å². The molecule has 0 spiro atoms. The lowest BCUT2D eigenvalue weighted by Crippen LogP contribution is -2.32. The number of carbonyl (C=O) groups is 1. The van der Waals surface area contributed by atoms with Crippen molar-refractivity contribution < 1.29 is 13.9 Å². The van der Waals surface area contributed by atoms with E-state index in [4.69, 9.17) is 16.3 Å². The molecule has 0 heterocycles. The smallest absolute Gasteiger partial charge is 0.225 e. The Morgan fingerprint density at radius 1 is 1.33 bits per heavy atom. The summed E-state index contributed by atoms with van der Waals surface area (Å²) in [5.74, 6) is 0.181. The van der Waals surface area contributed by atoms with Gasteiger partial charge in [-0.25, -0.2) is 4.39 Å². The average molecular weight is 348 g/mol. The number of hydrogen-bond acceptors (Lipinski definition) is 2. The number of benzene rings is 2. The Bertz CT molecular complexity index is 763. The van der Waals surface area contributed by atoms with Crippen molar-refractivity contribution in [1.82, 2.24) is 5.32 Å². The van der Waals surface area contributed by atoms with Crippen LogP contribution >= 0.6 is 11.6 Å². The predicted octanol–water partition coefficient (Wildman–Crippen LogP) is 4.22. The maximum Gasteiger partial charge on any atom is 0.225 e. The van der Waals surface area contributed by atoms with Gasteiger partial charge in [-0.3, -0.25) is 4.79 Å². The van der Waals surface area contributed by atoms with E-state index in [1.54, 1.807) is 19.2 Å². The van der Waals surface area contributed by atoms with E-state index in [9.17, 15) is 9.18 Å². The number of hydrogen-bond donors (Lipinski definition) is 1.